The minimum Gasteiger partial charge on any atom is -0.461 e. The number of aliphatic hydroxyl groups is 1. The highest BCUT2D eigenvalue weighted by Gasteiger charge is 2.79. The number of rotatable bonds is 5. The van der Waals surface area contributed by atoms with Crippen molar-refractivity contribution in [2.75, 3.05) is 4.90 Å². The molecule has 10 heteroatoms. The Balaban J connectivity index is 1.74. The predicted molar refractivity (Wildman–Crippen MR) is 155 cm³/mol. The Morgan fingerprint density at radius 2 is 1.40 bits per heavy atom. The number of fused-ring (bicyclic) bond motifs is 2. The van der Waals surface area contributed by atoms with E-state index in [4.69, 9.17) is 14.2 Å². The first-order valence-corrected chi connectivity index (χ1v) is 15.7. The van der Waals surface area contributed by atoms with Gasteiger partial charge in [-0.25, -0.2) is 9.69 Å². The molecule has 43 heavy (non-hydrogen) atoms. The van der Waals surface area contributed by atoms with Gasteiger partial charge in [0.2, 0.25) is 0 Å². The molecule has 3 fully saturated rings. The molecule has 2 amide bonds. The molecule has 3 aliphatic carbocycles. The number of ether oxygens (including phenoxy) is 3. The minimum absolute atomic E-state index is 0.0478. The van der Waals surface area contributed by atoms with E-state index in [0.717, 1.165) is 43.4 Å². The Labute approximate surface area is 252 Å². The summed E-state index contributed by atoms with van der Waals surface area (Å²) in [5, 5.41) is 11.9. The Bertz CT molecular complexity index is 1230. The summed E-state index contributed by atoms with van der Waals surface area (Å²) < 4.78 is 17.7. The Hall–Kier alpha value is -3.27. The third-order valence-corrected chi connectivity index (χ3v) is 9.58. The standard InChI is InChI=1S/C33H43NO9/c1-31(2,3)43-30(40)34-25-17-11-10-16-24(25)33(27(34)37)26(36)19-18-21(20-35)32(33,28(38)41-22-12-6-4-7-13-22)29(39)42-23-14-8-5-9-15-23/h10-11,16-17,20-23,26,36H,4-9,12-15,18-19H2,1-3H3/t21-,26+,33-/m1/s1. The van der Waals surface area contributed by atoms with Crippen molar-refractivity contribution in [3.8, 4) is 0 Å². The van der Waals surface area contributed by atoms with E-state index in [1.165, 1.54) is 12.1 Å². The summed E-state index contributed by atoms with van der Waals surface area (Å²) in [5.41, 5.74) is -5.73. The Morgan fingerprint density at radius 1 is 0.860 bits per heavy atom. The fourth-order valence-electron chi connectivity index (χ4n) is 7.65. The largest absolute Gasteiger partial charge is 0.461 e. The first-order valence-electron chi connectivity index (χ1n) is 15.7. The van der Waals surface area contributed by atoms with Gasteiger partial charge in [0.05, 0.1) is 11.8 Å². The van der Waals surface area contributed by atoms with E-state index < -0.39 is 64.6 Å². The first kappa shape index (κ1) is 31.2. The van der Waals surface area contributed by atoms with Crippen LogP contribution in [0.15, 0.2) is 24.3 Å². The maximum absolute atomic E-state index is 14.9. The van der Waals surface area contributed by atoms with Crippen LogP contribution >= 0.6 is 0 Å². The van der Waals surface area contributed by atoms with Gasteiger partial charge in [-0.2, -0.15) is 0 Å². The summed E-state index contributed by atoms with van der Waals surface area (Å²) in [5.74, 6) is -4.49. The molecular formula is C33H43NO9. The number of amides is 2. The van der Waals surface area contributed by atoms with Gasteiger partial charge in [0.1, 0.15) is 29.5 Å². The molecule has 1 aromatic carbocycles. The van der Waals surface area contributed by atoms with Crippen LogP contribution in [0.3, 0.4) is 0 Å². The van der Waals surface area contributed by atoms with Gasteiger partial charge in [0, 0.05) is 5.92 Å². The SMILES string of the molecule is CC(C)(C)OC(=O)N1C(=O)[C@@]2(c3ccccc31)[C@@H](O)CC[C@H](C=O)C2(C(=O)OC1CCCCC1)C(=O)OC1CCCCC1. The summed E-state index contributed by atoms with van der Waals surface area (Å²) in [6.07, 6.45) is 4.34. The minimum atomic E-state index is -2.56. The maximum Gasteiger partial charge on any atom is 0.421 e. The van der Waals surface area contributed by atoms with Crippen LogP contribution in [0.1, 0.15) is 103 Å². The number of hydrogen-bond acceptors (Lipinski definition) is 9. The molecule has 1 aliphatic heterocycles. The van der Waals surface area contributed by atoms with E-state index in [2.05, 4.69) is 0 Å². The number of aliphatic hydroxyl groups excluding tert-OH is 1. The maximum atomic E-state index is 14.9. The molecule has 1 aromatic rings. The lowest BCUT2D eigenvalue weighted by atomic mass is 9.48. The van der Waals surface area contributed by atoms with Crippen molar-refractivity contribution in [2.24, 2.45) is 11.3 Å². The van der Waals surface area contributed by atoms with E-state index in [1.54, 1.807) is 32.9 Å². The molecule has 3 atom stereocenters. The summed E-state index contributed by atoms with van der Waals surface area (Å²) >= 11 is 0. The van der Waals surface area contributed by atoms with E-state index in [9.17, 15) is 29.1 Å². The number of carbonyl (C=O) groups excluding carboxylic acids is 5. The second-order valence-electron chi connectivity index (χ2n) is 13.4. The first-order chi connectivity index (χ1) is 20.5. The van der Waals surface area contributed by atoms with Gasteiger partial charge < -0.3 is 24.1 Å². The Morgan fingerprint density at radius 3 is 1.91 bits per heavy atom. The molecule has 234 valence electrons. The summed E-state index contributed by atoms with van der Waals surface area (Å²) in [4.78, 5) is 71.6. The second-order valence-corrected chi connectivity index (χ2v) is 13.4. The van der Waals surface area contributed by atoms with Crippen molar-refractivity contribution in [3.05, 3.63) is 29.8 Å². The highest BCUT2D eigenvalue weighted by molar-refractivity contribution is 6.26. The number of hydrogen-bond donors (Lipinski definition) is 1. The predicted octanol–water partition coefficient (Wildman–Crippen LogP) is 4.91. The normalized spacial score (nSPS) is 27.8. The molecule has 4 aliphatic rings. The van der Waals surface area contributed by atoms with E-state index in [1.807, 2.05) is 0 Å². The van der Waals surface area contributed by atoms with Gasteiger partial charge in [0.15, 0.2) is 5.41 Å². The van der Waals surface area contributed by atoms with Gasteiger partial charge >= 0.3 is 18.0 Å². The molecule has 1 N–H and O–H groups in total. The van der Waals surface area contributed by atoms with Crippen LogP contribution in [-0.4, -0.2) is 59.2 Å². The number of nitrogens with zero attached hydrogens (tertiary/aromatic N) is 1. The van der Waals surface area contributed by atoms with Crippen LogP contribution < -0.4 is 4.90 Å². The summed E-state index contributed by atoms with van der Waals surface area (Å²) in [6.45, 7) is 4.95. The molecule has 0 bridgehead atoms. The monoisotopic (exact) mass is 597 g/mol. The van der Waals surface area contributed by atoms with Crippen molar-refractivity contribution >= 4 is 35.9 Å². The summed E-state index contributed by atoms with van der Waals surface area (Å²) in [7, 11) is 0. The highest BCUT2D eigenvalue weighted by Crippen LogP contribution is 2.62. The van der Waals surface area contributed by atoms with Crippen molar-refractivity contribution in [2.45, 2.75) is 127 Å². The van der Waals surface area contributed by atoms with Gasteiger partial charge in [-0.3, -0.25) is 14.4 Å². The highest BCUT2D eigenvalue weighted by atomic mass is 16.6. The van der Waals surface area contributed by atoms with Gasteiger partial charge in [-0.1, -0.05) is 31.0 Å². The number of anilines is 1. The quantitative estimate of drug-likeness (QED) is 0.217. The zero-order chi connectivity index (χ0) is 31.0. The third kappa shape index (κ3) is 5.15. The van der Waals surface area contributed by atoms with Crippen LogP contribution in [0.5, 0.6) is 0 Å². The topological polar surface area (TPSA) is 137 Å². The fraction of sp³-hybridized carbons (Fsp3) is 0.667. The van der Waals surface area contributed by atoms with Crippen LogP contribution in [0.25, 0.3) is 0 Å². The third-order valence-electron chi connectivity index (χ3n) is 9.58. The lowest BCUT2D eigenvalue weighted by Gasteiger charge is -2.52. The molecule has 0 unspecified atom stereocenters. The average Bonchev–Trinajstić information content (AvgIpc) is 3.23. The van der Waals surface area contributed by atoms with E-state index >= 15 is 0 Å². The van der Waals surface area contributed by atoms with Crippen molar-refractivity contribution in [3.63, 3.8) is 0 Å². The average molecular weight is 598 g/mol. The number of benzene rings is 1. The molecular weight excluding hydrogens is 554 g/mol. The Kier molecular flexibility index (Phi) is 8.71. The van der Waals surface area contributed by atoms with Crippen LogP contribution in [-0.2, 0) is 38.8 Å². The number of aldehydes is 1. The van der Waals surface area contributed by atoms with E-state index in [-0.39, 0.29) is 24.1 Å². The second kappa shape index (κ2) is 12.0. The van der Waals surface area contributed by atoms with Crippen molar-refractivity contribution < 1.29 is 43.3 Å². The van der Waals surface area contributed by atoms with Gasteiger partial charge in [0.25, 0.3) is 5.91 Å². The molecule has 0 aromatic heterocycles. The zero-order valence-corrected chi connectivity index (χ0v) is 25.3. The molecule has 0 saturated heterocycles. The number of imide groups is 1. The zero-order valence-electron chi connectivity index (χ0n) is 25.3. The molecule has 10 nitrogen and oxygen atoms in total. The van der Waals surface area contributed by atoms with Crippen LogP contribution in [0.4, 0.5) is 10.5 Å². The van der Waals surface area contributed by atoms with Crippen LogP contribution in [0.2, 0.25) is 0 Å². The number of para-hydroxylation sites is 1. The van der Waals surface area contributed by atoms with Crippen molar-refractivity contribution in [1.29, 1.82) is 0 Å². The molecule has 0 radical (unpaired) electrons. The van der Waals surface area contributed by atoms with Crippen LogP contribution in [0, 0.1) is 11.3 Å². The smallest absolute Gasteiger partial charge is 0.421 e. The molecule has 5 rings (SSSR count). The van der Waals surface area contributed by atoms with Gasteiger partial charge in [-0.05, 0) is 96.6 Å². The lowest BCUT2D eigenvalue weighted by Crippen LogP contribution is -2.72. The van der Waals surface area contributed by atoms with Crippen molar-refractivity contribution in [1.82, 2.24) is 0 Å². The number of carbonyl (C=O) groups is 5. The molecule has 1 spiro atoms. The molecule has 3 saturated carbocycles. The lowest BCUT2D eigenvalue weighted by molar-refractivity contribution is -0.205. The van der Waals surface area contributed by atoms with E-state index in [0.29, 0.717) is 32.0 Å². The van der Waals surface area contributed by atoms with Gasteiger partial charge in [-0.15, -0.1) is 0 Å². The number of esters is 2. The summed E-state index contributed by atoms with van der Waals surface area (Å²) in [6, 6.07) is 6.24. The fourth-order valence-corrected chi connectivity index (χ4v) is 7.65. The molecule has 1 heterocycles.